The molecule has 1 aliphatic carbocycles. The molecule has 1 aliphatic rings. The maximum Gasteiger partial charge on any atom is 0.252 e. The van der Waals surface area contributed by atoms with Crippen LogP contribution in [0.5, 0.6) is 0 Å². The number of halogens is 1. The molecule has 5 nitrogen and oxygen atoms in total. The molecule has 2 aromatic carbocycles. The Hall–Kier alpha value is -2.25. The van der Waals surface area contributed by atoms with E-state index in [0.717, 1.165) is 18.4 Å². The molecule has 0 radical (unpaired) electrons. The van der Waals surface area contributed by atoms with E-state index in [1.54, 1.807) is 25.1 Å². The minimum atomic E-state index is -3.64. The lowest BCUT2D eigenvalue weighted by atomic mass is 9.95. The molecule has 1 atom stereocenters. The van der Waals surface area contributed by atoms with Crippen LogP contribution in [0.3, 0.4) is 0 Å². The van der Waals surface area contributed by atoms with Crippen molar-refractivity contribution in [3.05, 3.63) is 65.0 Å². The van der Waals surface area contributed by atoms with Crippen LogP contribution >= 0.6 is 0 Å². The van der Waals surface area contributed by atoms with Gasteiger partial charge in [0.15, 0.2) is 0 Å². The molecule has 1 saturated carbocycles. The van der Waals surface area contributed by atoms with Crippen LogP contribution in [-0.4, -0.2) is 20.4 Å². The predicted molar refractivity (Wildman–Crippen MR) is 106 cm³/mol. The van der Waals surface area contributed by atoms with E-state index in [0.29, 0.717) is 11.1 Å². The molecule has 150 valence electrons. The van der Waals surface area contributed by atoms with Crippen LogP contribution in [0.25, 0.3) is 0 Å². The first kappa shape index (κ1) is 20.5. The van der Waals surface area contributed by atoms with Gasteiger partial charge < -0.3 is 5.32 Å². The van der Waals surface area contributed by atoms with Crippen LogP contribution in [0, 0.1) is 18.7 Å². The number of hydrogen-bond acceptors (Lipinski definition) is 3. The highest BCUT2D eigenvalue weighted by molar-refractivity contribution is 7.89. The standard InChI is InChI=1S/C21H25FN2O3S/c1-13(2)20(15-5-7-16(22)8-6-15)23-21(25)19-12-18(11-4-14(19)3)28(26,27)24-17-9-10-17/h4-8,11-13,17,20,24H,9-10H2,1-3H3,(H,23,25). The van der Waals surface area contributed by atoms with Crippen LogP contribution in [0.2, 0.25) is 0 Å². The molecule has 0 saturated heterocycles. The van der Waals surface area contributed by atoms with Crippen molar-refractivity contribution in [2.75, 3.05) is 0 Å². The molecule has 0 spiro atoms. The Labute approximate surface area is 165 Å². The second-order valence-corrected chi connectivity index (χ2v) is 9.33. The smallest absolute Gasteiger partial charge is 0.252 e. The lowest BCUT2D eigenvalue weighted by Gasteiger charge is -2.23. The Kier molecular flexibility index (Phi) is 5.86. The zero-order valence-electron chi connectivity index (χ0n) is 16.2. The summed E-state index contributed by atoms with van der Waals surface area (Å²) in [6.07, 6.45) is 1.68. The maximum absolute atomic E-state index is 13.2. The molecule has 28 heavy (non-hydrogen) atoms. The molecule has 0 heterocycles. The number of benzene rings is 2. The summed E-state index contributed by atoms with van der Waals surface area (Å²) >= 11 is 0. The number of nitrogens with one attached hydrogen (secondary N) is 2. The minimum absolute atomic E-state index is 0.00706. The third-order valence-electron chi connectivity index (χ3n) is 4.85. The van der Waals surface area contributed by atoms with Crippen LogP contribution in [-0.2, 0) is 10.0 Å². The van der Waals surface area contributed by atoms with Gasteiger partial charge in [-0.1, -0.05) is 32.0 Å². The Bertz CT molecular complexity index is 968. The highest BCUT2D eigenvalue weighted by atomic mass is 32.2. The molecule has 1 fully saturated rings. The van der Waals surface area contributed by atoms with E-state index in [1.807, 2.05) is 13.8 Å². The Morgan fingerprint density at radius 2 is 1.75 bits per heavy atom. The number of amides is 1. The van der Waals surface area contributed by atoms with E-state index < -0.39 is 10.0 Å². The van der Waals surface area contributed by atoms with Crippen molar-refractivity contribution in [3.8, 4) is 0 Å². The highest BCUT2D eigenvalue weighted by Crippen LogP contribution is 2.25. The summed E-state index contributed by atoms with van der Waals surface area (Å²) in [7, 11) is -3.64. The third-order valence-corrected chi connectivity index (χ3v) is 6.36. The first-order valence-electron chi connectivity index (χ1n) is 9.36. The predicted octanol–water partition coefficient (Wildman–Crippen LogP) is 3.70. The lowest BCUT2D eigenvalue weighted by molar-refractivity contribution is 0.0924. The third kappa shape index (κ3) is 4.77. The molecular weight excluding hydrogens is 379 g/mol. The topological polar surface area (TPSA) is 75.3 Å². The van der Waals surface area contributed by atoms with E-state index in [4.69, 9.17) is 0 Å². The van der Waals surface area contributed by atoms with Crippen LogP contribution in [0.1, 0.15) is 54.2 Å². The van der Waals surface area contributed by atoms with Crippen LogP contribution in [0.4, 0.5) is 4.39 Å². The number of rotatable bonds is 7. The quantitative estimate of drug-likeness (QED) is 0.739. The van der Waals surface area contributed by atoms with Gasteiger partial charge in [0.25, 0.3) is 5.91 Å². The fourth-order valence-corrected chi connectivity index (χ4v) is 4.36. The van der Waals surface area contributed by atoms with Gasteiger partial charge in [0.05, 0.1) is 10.9 Å². The molecule has 3 rings (SSSR count). The molecule has 2 aromatic rings. The first-order valence-corrected chi connectivity index (χ1v) is 10.8. The number of sulfonamides is 1. The number of hydrogen-bond donors (Lipinski definition) is 2. The van der Waals surface area contributed by atoms with Gasteiger partial charge in [-0.15, -0.1) is 0 Å². The number of carbonyl (C=O) groups is 1. The number of carbonyl (C=O) groups excluding carboxylic acids is 1. The fraction of sp³-hybridized carbons (Fsp3) is 0.381. The summed E-state index contributed by atoms with van der Waals surface area (Å²) in [6.45, 7) is 5.69. The second-order valence-electron chi connectivity index (χ2n) is 7.62. The van der Waals surface area contributed by atoms with E-state index in [2.05, 4.69) is 10.0 Å². The van der Waals surface area contributed by atoms with Gasteiger partial charge in [-0.05, 0) is 61.1 Å². The molecule has 7 heteroatoms. The molecule has 1 amide bonds. The summed E-state index contributed by atoms with van der Waals surface area (Å²) in [5.74, 6) is -0.628. The van der Waals surface area contributed by atoms with E-state index >= 15 is 0 Å². The largest absolute Gasteiger partial charge is 0.345 e. The van der Waals surface area contributed by atoms with E-state index in [1.165, 1.54) is 24.3 Å². The van der Waals surface area contributed by atoms with Crippen molar-refractivity contribution in [1.29, 1.82) is 0 Å². The van der Waals surface area contributed by atoms with Crippen LogP contribution in [0.15, 0.2) is 47.4 Å². The summed E-state index contributed by atoms with van der Waals surface area (Å²) in [5.41, 5.74) is 1.79. The highest BCUT2D eigenvalue weighted by Gasteiger charge is 2.29. The SMILES string of the molecule is Cc1ccc(S(=O)(=O)NC2CC2)cc1C(=O)NC(c1ccc(F)cc1)C(C)C. The van der Waals surface area contributed by atoms with Gasteiger partial charge in [-0.2, -0.15) is 0 Å². The normalized spacial score (nSPS) is 15.5. The van der Waals surface area contributed by atoms with Crippen molar-refractivity contribution in [2.24, 2.45) is 5.92 Å². The van der Waals surface area contributed by atoms with Crippen molar-refractivity contribution in [1.82, 2.24) is 10.0 Å². The van der Waals surface area contributed by atoms with Crippen molar-refractivity contribution in [2.45, 2.75) is 50.6 Å². The zero-order valence-corrected chi connectivity index (χ0v) is 17.0. The van der Waals surface area contributed by atoms with Gasteiger partial charge >= 0.3 is 0 Å². The number of aryl methyl sites for hydroxylation is 1. The monoisotopic (exact) mass is 404 g/mol. The Balaban J connectivity index is 1.86. The average molecular weight is 405 g/mol. The molecule has 1 unspecified atom stereocenters. The van der Waals surface area contributed by atoms with Gasteiger partial charge in [-0.25, -0.2) is 17.5 Å². The van der Waals surface area contributed by atoms with Gasteiger partial charge in [0.1, 0.15) is 5.82 Å². The first-order chi connectivity index (χ1) is 13.2. The molecule has 0 bridgehead atoms. The minimum Gasteiger partial charge on any atom is -0.345 e. The van der Waals surface area contributed by atoms with Crippen molar-refractivity contribution >= 4 is 15.9 Å². The molecule has 0 aliphatic heterocycles. The Morgan fingerprint density at radius 3 is 2.32 bits per heavy atom. The maximum atomic E-state index is 13.2. The van der Waals surface area contributed by atoms with Crippen LogP contribution < -0.4 is 10.0 Å². The van der Waals surface area contributed by atoms with E-state index in [-0.39, 0.29) is 34.6 Å². The van der Waals surface area contributed by atoms with Gasteiger partial charge in [0.2, 0.25) is 10.0 Å². The second kappa shape index (κ2) is 8.01. The van der Waals surface area contributed by atoms with Crippen molar-refractivity contribution < 1.29 is 17.6 Å². The summed E-state index contributed by atoms with van der Waals surface area (Å²) < 4.78 is 40.8. The molecule has 0 aromatic heterocycles. The van der Waals surface area contributed by atoms with E-state index in [9.17, 15) is 17.6 Å². The average Bonchev–Trinajstić information content (AvgIpc) is 3.43. The fourth-order valence-electron chi connectivity index (χ4n) is 3.03. The van der Waals surface area contributed by atoms with Crippen molar-refractivity contribution in [3.63, 3.8) is 0 Å². The summed E-state index contributed by atoms with van der Waals surface area (Å²) in [5, 5.41) is 2.96. The van der Waals surface area contributed by atoms with Gasteiger partial charge in [0, 0.05) is 11.6 Å². The lowest BCUT2D eigenvalue weighted by Crippen LogP contribution is -2.32. The Morgan fingerprint density at radius 1 is 1.11 bits per heavy atom. The van der Waals surface area contributed by atoms with Gasteiger partial charge in [-0.3, -0.25) is 4.79 Å². The molecular formula is C21H25FN2O3S. The summed E-state index contributed by atoms with van der Waals surface area (Å²) in [6, 6.07) is 10.2. The molecule has 2 N–H and O–H groups in total. The zero-order chi connectivity index (χ0) is 20.5. The summed E-state index contributed by atoms with van der Waals surface area (Å²) in [4.78, 5) is 13.0.